The lowest BCUT2D eigenvalue weighted by Gasteiger charge is -2.09. The summed E-state index contributed by atoms with van der Waals surface area (Å²) in [5.41, 5.74) is 5.56. The molecule has 0 aliphatic rings. The van der Waals surface area contributed by atoms with E-state index in [1.165, 1.54) is 26.1 Å². The molecule has 0 saturated carbocycles. The van der Waals surface area contributed by atoms with Gasteiger partial charge in [-0.15, -0.1) is 11.3 Å². The van der Waals surface area contributed by atoms with Gasteiger partial charge in [-0.25, -0.2) is 4.98 Å². The SMILES string of the molecule is c1ccc(-c2cc(-c3ccccc3)nc(-c3cc4ccccc4s3)c2)cc1. The second kappa shape index (κ2) is 6.82. The number of benzene rings is 3. The Morgan fingerprint density at radius 1 is 0.519 bits per heavy atom. The minimum atomic E-state index is 1.00. The van der Waals surface area contributed by atoms with E-state index in [-0.39, 0.29) is 0 Å². The van der Waals surface area contributed by atoms with Crippen LogP contribution in [0.4, 0.5) is 0 Å². The summed E-state index contributed by atoms with van der Waals surface area (Å²) in [7, 11) is 0. The van der Waals surface area contributed by atoms with Crippen molar-refractivity contribution in [1.29, 1.82) is 0 Å². The van der Waals surface area contributed by atoms with Crippen LogP contribution in [0.2, 0.25) is 0 Å². The van der Waals surface area contributed by atoms with Gasteiger partial charge in [-0.05, 0) is 40.8 Å². The van der Waals surface area contributed by atoms with Gasteiger partial charge < -0.3 is 0 Å². The molecule has 0 atom stereocenters. The quantitative estimate of drug-likeness (QED) is 0.328. The van der Waals surface area contributed by atoms with Gasteiger partial charge in [0.2, 0.25) is 0 Å². The van der Waals surface area contributed by atoms with Gasteiger partial charge >= 0.3 is 0 Å². The molecule has 0 aliphatic heterocycles. The summed E-state index contributed by atoms with van der Waals surface area (Å²) < 4.78 is 1.29. The zero-order valence-corrected chi connectivity index (χ0v) is 15.5. The topological polar surface area (TPSA) is 12.9 Å². The number of rotatable bonds is 3. The second-order valence-electron chi connectivity index (χ2n) is 6.51. The molecular formula is C25H17NS. The zero-order valence-electron chi connectivity index (χ0n) is 14.7. The normalized spacial score (nSPS) is 11.0. The molecule has 0 radical (unpaired) electrons. The van der Waals surface area contributed by atoms with E-state index < -0.39 is 0 Å². The number of thiophene rings is 1. The third kappa shape index (κ3) is 3.16. The van der Waals surface area contributed by atoms with Gasteiger partial charge in [-0.1, -0.05) is 78.9 Å². The molecule has 2 heteroatoms. The van der Waals surface area contributed by atoms with Gasteiger partial charge in [-0.3, -0.25) is 0 Å². The smallest absolute Gasteiger partial charge is 0.0815 e. The predicted octanol–water partition coefficient (Wildman–Crippen LogP) is 7.30. The van der Waals surface area contributed by atoms with Crippen molar-refractivity contribution in [2.75, 3.05) is 0 Å². The van der Waals surface area contributed by atoms with E-state index in [2.05, 4.69) is 97.1 Å². The monoisotopic (exact) mass is 363 g/mol. The zero-order chi connectivity index (χ0) is 18.1. The number of hydrogen-bond acceptors (Lipinski definition) is 2. The first-order valence-corrected chi connectivity index (χ1v) is 9.80. The Morgan fingerprint density at radius 3 is 1.89 bits per heavy atom. The van der Waals surface area contributed by atoms with Crippen molar-refractivity contribution >= 4 is 21.4 Å². The minimum absolute atomic E-state index is 1.00. The van der Waals surface area contributed by atoms with Crippen molar-refractivity contribution in [3.63, 3.8) is 0 Å². The Bertz CT molecular complexity index is 1120. The molecule has 5 aromatic rings. The maximum Gasteiger partial charge on any atom is 0.0815 e. The largest absolute Gasteiger partial charge is 0.247 e. The van der Waals surface area contributed by atoms with Crippen LogP contribution in [-0.2, 0) is 0 Å². The fourth-order valence-electron chi connectivity index (χ4n) is 3.32. The maximum absolute atomic E-state index is 5.01. The number of hydrogen-bond donors (Lipinski definition) is 0. The van der Waals surface area contributed by atoms with E-state index in [0.717, 1.165) is 17.0 Å². The van der Waals surface area contributed by atoms with Crippen molar-refractivity contribution in [2.45, 2.75) is 0 Å². The van der Waals surface area contributed by atoms with Crippen molar-refractivity contribution in [2.24, 2.45) is 0 Å². The summed E-state index contributed by atoms with van der Waals surface area (Å²) in [4.78, 5) is 6.21. The lowest BCUT2D eigenvalue weighted by molar-refractivity contribution is 1.33. The van der Waals surface area contributed by atoms with Crippen LogP contribution < -0.4 is 0 Å². The first kappa shape index (κ1) is 16.0. The minimum Gasteiger partial charge on any atom is -0.247 e. The average Bonchev–Trinajstić information content (AvgIpc) is 3.19. The predicted molar refractivity (Wildman–Crippen MR) is 116 cm³/mol. The summed E-state index contributed by atoms with van der Waals surface area (Å²) in [6.07, 6.45) is 0. The van der Waals surface area contributed by atoms with Crippen LogP contribution in [0.25, 0.3) is 43.0 Å². The van der Waals surface area contributed by atoms with Gasteiger partial charge in [0, 0.05) is 10.3 Å². The van der Waals surface area contributed by atoms with Crippen LogP contribution in [0.5, 0.6) is 0 Å². The summed E-state index contributed by atoms with van der Waals surface area (Å²) in [5.74, 6) is 0. The molecule has 0 spiro atoms. The van der Waals surface area contributed by atoms with Crippen LogP contribution in [-0.4, -0.2) is 4.98 Å². The summed E-state index contributed by atoms with van der Waals surface area (Å²) in [5, 5.41) is 1.27. The molecule has 2 aromatic heterocycles. The molecule has 3 aromatic carbocycles. The van der Waals surface area contributed by atoms with E-state index >= 15 is 0 Å². The number of pyridine rings is 1. The molecule has 2 heterocycles. The van der Waals surface area contributed by atoms with Crippen molar-refractivity contribution in [1.82, 2.24) is 4.98 Å². The number of aromatic nitrogens is 1. The van der Waals surface area contributed by atoms with Crippen LogP contribution in [0.1, 0.15) is 0 Å². The molecular weight excluding hydrogens is 346 g/mol. The molecule has 27 heavy (non-hydrogen) atoms. The van der Waals surface area contributed by atoms with Gasteiger partial charge in [-0.2, -0.15) is 0 Å². The number of nitrogens with zero attached hydrogens (tertiary/aromatic N) is 1. The lowest BCUT2D eigenvalue weighted by atomic mass is 10.0. The number of fused-ring (bicyclic) bond motifs is 1. The standard InChI is InChI=1S/C25H17NS/c1-3-9-18(10-4-1)21-15-22(19-11-5-2-6-12-19)26-23(16-21)25-17-20-13-7-8-14-24(20)27-25/h1-17H. The first-order chi connectivity index (χ1) is 13.4. The van der Waals surface area contributed by atoms with Crippen molar-refractivity contribution < 1.29 is 0 Å². The van der Waals surface area contributed by atoms with Crippen LogP contribution in [0.15, 0.2) is 103 Å². The highest BCUT2D eigenvalue weighted by molar-refractivity contribution is 7.22. The Kier molecular flexibility index (Phi) is 4.04. The van der Waals surface area contributed by atoms with Crippen molar-refractivity contribution in [3.8, 4) is 33.0 Å². The van der Waals surface area contributed by atoms with E-state index in [0.29, 0.717) is 0 Å². The van der Waals surface area contributed by atoms with Crippen LogP contribution in [0.3, 0.4) is 0 Å². The molecule has 0 aliphatic carbocycles. The highest BCUT2D eigenvalue weighted by Crippen LogP contribution is 2.36. The van der Waals surface area contributed by atoms with E-state index in [1.807, 2.05) is 6.07 Å². The summed E-state index contributed by atoms with van der Waals surface area (Å²) >= 11 is 1.80. The van der Waals surface area contributed by atoms with Crippen LogP contribution >= 0.6 is 11.3 Å². The highest BCUT2D eigenvalue weighted by Gasteiger charge is 2.11. The molecule has 0 amide bonds. The van der Waals surface area contributed by atoms with Gasteiger partial charge in [0.15, 0.2) is 0 Å². The molecule has 0 bridgehead atoms. The molecule has 5 rings (SSSR count). The fraction of sp³-hybridized carbons (Fsp3) is 0. The Morgan fingerprint density at radius 2 is 1.15 bits per heavy atom. The molecule has 0 fully saturated rings. The third-order valence-corrected chi connectivity index (χ3v) is 5.82. The van der Waals surface area contributed by atoms with Gasteiger partial charge in [0.25, 0.3) is 0 Å². The van der Waals surface area contributed by atoms with E-state index in [1.54, 1.807) is 11.3 Å². The Balaban J connectivity index is 1.72. The molecule has 0 unspecified atom stereocenters. The van der Waals surface area contributed by atoms with E-state index in [9.17, 15) is 0 Å². The van der Waals surface area contributed by atoms with Crippen LogP contribution in [0, 0.1) is 0 Å². The highest BCUT2D eigenvalue weighted by atomic mass is 32.1. The Labute approximate surface area is 162 Å². The lowest BCUT2D eigenvalue weighted by Crippen LogP contribution is -1.89. The van der Waals surface area contributed by atoms with Gasteiger partial charge in [0.1, 0.15) is 0 Å². The first-order valence-electron chi connectivity index (χ1n) is 8.99. The molecule has 128 valence electrons. The van der Waals surface area contributed by atoms with E-state index in [4.69, 9.17) is 4.98 Å². The summed E-state index contributed by atoms with van der Waals surface area (Å²) in [6.45, 7) is 0. The van der Waals surface area contributed by atoms with Gasteiger partial charge in [0.05, 0.1) is 16.3 Å². The Hall–Kier alpha value is -3.23. The average molecular weight is 363 g/mol. The second-order valence-corrected chi connectivity index (χ2v) is 7.59. The molecule has 1 nitrogen and oxygen atoms in total. The van der Waals surface area contributed by atoms with Crippen molar-refractivity contribution in [3.05, 3.63) is 103 Å². The fourth-order valence-corrected chi connectivity index (χ4v) is 4.34. The molecule has 0 N–H and O–H groups in total. The third-order valence-electron chi connectivity index (χ3n) is 4.68. The summed E-state index contributed by atoms with van der Waals surface area (Å²) in [6, 6.07) is 36.0. The maximum atomic E-state index is 5.01. The molecule has 0 saturated heterocycles.